The molecule has 0 saturated carbocycles. The number of carbonyl (C=O) groups is 2. The Balaban J connectivity index is 4.16. The molecule has 0 aliphatic heterocycles. The van der Waals surface area contributed by atoms with Gasteiger partial charge in [-0.3, -0.25) is 0 Å². The number of unbranched alkanes of at least 4 members (excludes halogenated alkanes) is 2. The van der Waals surface area contributed by atoms with Crippen molar-refractivity contribution in [1.29, 1.82) is 0 Å². The molecule has 106 valence electrons. The van der Waals surface area contributed by atoms with Gasteiger partial charge in [0, 0.05) is 6.61 Å². The van der Waals surface area contributed by atoms with Crippen molar-refractivity contribution in [3.8, 4) is 0 Å². The molecule has 0 aromatic heterocycles. The molecule has 0 rings (SSSR count). The summed E-state index contributed by atoms with van der Waals surface area (Å²) in [7, 11) is 0. The zero-order valence-electron chi connectivity index (χ0n) is 11.6. The first-order chi connectivity index (χ1) is 8.67. The maximum absolute atomic E-state index is 11.6. The topological polar surface area (TPSA) is 61.8 Å². The Kier molecular flexibility index (Phi) is 10.3. The lowest BCUT2D eigenvalue weighted by molar-refractivity contribution is -0.173. The molecule has 0 aromatic carbocycles. The van der Waals surface area contributed by atoms with Gasteiger partial charge >= 0.3 is 11.9 Å². The van der Waals surface area contributed by atoms with Gasteiger partial charge in [0.1, 0.15) is 0 Å². The van der Waals surface area contributed by atoms with Crippen molar-refractivity contribution in [3.05, 3.63) is 0 Å². The zero-order valence-corrected chi connectivity index (χ0v) is 11.6. The molecular weight excluding hydrogens is 236 g/mol. The minimum absolute atomic E-state index is 0.260. The molecule has 0 radical (unpaired) electrons. The lowest BCUT2D eigenvalue weighted by Gasteiger charge is -2.14. The van der Waals surface area contributed by atoms with E-state index >= 15 is 0 Å². The summed E-state index contributed by atoms with van der Waals surface area (Å²) in [6, 6.07) is 0. The monoisotopic (exact) mass is 260 g/mol. The van der Waals surface area contributed by atoms with Crippen molar-refractivity contribution >= 4 is 11.9 Å². The average Bonchev–Trinajstić information content (AvgIpc) is 2.36. The van der Waals surface area contributed by atoms with Gasteiger partial charge in [-0.25, -0.2) is 9.59 Å². The van der Waals surface area contributed by atoms with E-state index in [1.165, 1.54) is 0 Å². The van der Waals surface area contributed by atoms with Crippen LogP contribution in [-0.4, -0.2) is 37.9 Å². The summed E-state index contributed by atoms with van der Waals surface area (Å²) in [4.78, 5) is 23.3. The molecule has 0 unspecified atom stereocenters. The van der Waals surface area contributed by atoms with E-state index in [4.69, 9.17) is 14.2 Å². The van der Waals surface area contributed by atoms with Crippen LogP contribution in [0.1, 0.15) is 46.5 Å². The third-order valence-electron chi connectivity index (χ3n) is 2.25. The fraction of sp³-hybridized carbons (Fsp3) is 0.846. The number of ether oxygens (including phenoxy) is 3. The molecule has 0 aliphatic carbocycles. The van der Waals surface area contributed by atoms with Crippen LogP contribution in [0.15, 0.2) is 0 Å². The Labute approximate surface area is 109 Å². The van der Waals surface area contributed by atoms with E-state index in [1.54, 1.807) is 6.92 Å². The first-order valence-corrected chi connectivity index (χ1v) is 6.62. The standard InChI is InChI=1S/C13H24O5/c1-4-7-9-17-12(14)11(16-6-3)13(15)18-10-8-5-2/h11H,4-10H2,1-3H3. The first-order valence-electron chi connectivity index (χ1n) is 6.62. The van der Waals surface area contributed by atoms with E-state index in [0.717, 1.165) is 25.7 Å². The SMILES string of the molecule is CCCCOC(=O)C(OCC)C(=O)OCCCC. The molecule has 0 spiro atoms. The van der Waals surface area contributed by atoms with E-state index in [1.807, 2.05) is 13.8 Å². The van der Waals surface area contributed by atoms with Crippen LogP contribution in [0.4, 0.5) is 0 Å². The van der Waals surface area contributed by atoms with Gasteiger partial charge in [0.15, 0.2) is 0 Å². The Hall–Kier alpha value is -1.10. The molecular formula is C13H24O5. The highest BCUT2D eigenvalue weighted by molar-refractivity contribution is 5.98. The summed E-state index contributed by atoms with van der Waals surface area (Å²) in [6.45, 7) is 6.57. The van der Waals surface area contributed by atoms with Crippen LogP contribution in [-0.2, 0) is 23.8 Å². The predicted octanol–water partition coefficient (Wildman–Crippen LogP) is 2.08. The largest absolute Gasteiger partial charge is 0.463 e. The fourth-order valence-corrected chi connectivity index (χ4v) is 1.18. The Morgan fingerprint density at radius 1 is 0.889 bits per heavy atom. The van der Waals surface area contributed by atoms with Gasteiger partial charge in [-0.2, -0.15) is 0 Å². The maximum Gasteiger partial charge on any atom is 0.347 e. The molecule has 5 heteroatoms. The summed E-state index contributed by atoms with van der Waals surface area (Å²) in [6.07, 6.45) is 2.15. The summed E-state index contributed by atoms with van der Waals surface area (Å²) in [5.74, 6) is -1.32. The number of carbonyl (C=O) groups excluding carboxylic acids is 2. The van der Waals surface area contributed by atoms with Crippen LogP contribution < -0.4 is 0 Å². The van der Waals surface area contributed by atoms with E-state index in [2.05, 4.69) is 0 Å². The Morgan fingerprint density at radius 2 is 1.33 bits per heavy atom. The Morgan fingerprint density at radius 3 is 1.67 bits per heavy atom. The van der Waals surface area contributed by atoms with E-state index in [-0.39, 0.29) is 6.61 Å². The lowest BCUT2D eigenvalue weighted by atomic mass is 10.3. The van der Waals surface area contributed by atoms with E-state index < -0.39 is 18.0 Å². The molecule has 0 atom stereocenters. The third-order valence-corrected chi connectivity index (χ3v) is 2.25. The fourth-order valence-electron chi connectivity index (χ4n) is 1.18. The van der Waals surface area contributed by atoms with Gasteiger partial charge in [-0.15, -0.1) is 0 Å². The van der Waals surface area contributed by atoms with Crippen molar-refractivity contribution in [3.63, 3.8) is 0 Å². The average molecular weight is 260 g/mol. The second-order valence-corrected chi connectivity index (χ2v) is 3.88. The van der Waals surface area contributed by atoms with Gasteiger partial charge in [0.25, 0.3) is 6.10 Å². The lowest BCUT2D eigenvalue weighted by Crippen LogP contribution is -2.36. The summed E-state index contributed by atoms with van der Waals surface area (Å²) < 4.78 is 15.0. The molecule has 0 aromatic rings. The highest BCUT2D eigenvalue weighted by Crippen LogP contribution is 2.02. The van der Waals surface area contributed by atoms with Crippen molar-refractivity contribution in [2.45, 2.75) is 52.6 Å². The zero-order chi connectivity index (χ0) is 13.8. The van der Waals surface area contributed by atoms with Gasteiger partial charge in [-0.1, -0.05) is 26.7 Å². The number of esters is 2. The van der Waals surface area contributed by atoms with Crippen LogP contribution in [0.3, 0.4) is 0 Å². The van der Waals surface area contributed by atoms with E-state index in [9.17, 15) is 9.59 Å². The first kappa shape index (κ1) is 16.9. The number of hydrogen-bond acceptors (Lipinski definition) is 5. The summed E-state index contributed by atoms with van der Waals surface area (Å²) >= 11 is 0. The van der Waals surface area contributed by atoms with Gasteiger partial charge in [0.2, 0.25) is 0 Å². The highest BCUT2D eigenvalue weighted by Gasteiger charge is 2.30. The van der Waals surface area contributed by atoms with Crippen LogP contribution in [0.5, 0.6) is 0 Å². The van der Waals surface area contributed by atoms with Gasteiger partial charge < -0.3 is 14.2 Å². The van der Waals surface area contributed by atoms with Crippen LogP contribution in [0, 0.1) is 0 Å². The molecule has 0 bridgehead atoms. The predicted molar refractivity (Wildman–Crippen MR) is 67.1 cm³/mol. The smallest absolute Gasteiger partial charge is 0.347 e. The quantitative estimate of drug-likeness (QED) is 0.342. The molecule has 0 saturated heterocycles. The molecule has 5 nitrogen and oxygen atoms in total. The Bertz CT molecular complexity index is 218. The highest BCUT2D eigenvalue weighted by atomic mass is 16.6. The second-order valence-electron chi connectivity index (χ2n) is 3.88. The summed E-state index contributed by atoms with van der Waals surface area (Å²) in [5, 5.41) is 0. The minimum atomic E-state index is -1.25. The molecule has 0 amide bonds. The maximum atomic E-state index is 11.6. The van der Waals surface area contributed by atoms with Crippen molar-refractivity contribution < 1.29 is 23.8 Å². The molecule has 0 heterocycles. The number of rotatable bonds is 10. The third kappa shape index (κ3) is 7.27. The number of hydrogen-bond donors (Lipinski definition) is 0. The van der Waals surface area contributed by atoms with Crippen LogP contribution in [0.2, 0.25) is 0 Å². The van der Waals surface area contributed by atoms with Crippen LogP contribution in [0.25, 0.3) is 0 Å². The summed E-state index contributed by atoms with van der Waals surface area (Å²) in [5.41, 5.74) is 0. The van der Waals surface area contributed by atoms with Crippen molar-refractivity contribution in [2.75, 3.05) is 19.8 Å². The minimum Gasteiger partial charge on any atom is -0.463 e. The van der Waals surface area contributed by atoms with E-state index in [0.29, 0.717) is 13.2 Å². The van der Waals surface area contributed by atoms with Crippen molar-refractivity contribution in [2.24, 2.45) is 0 Å². The van der Waals surface area contributed by atoms with Crippen LogP contribution >= 0.6 is 0 Å². The van der Waals surface area contributed by atoms with Gasteiger partial charge in [-0.05, 0) is 19.8 Å². The normalized spacial score (nSPS) is 10.4. The second kappa shape index (κ2) is 11.0. The molecule has 18 heavy (non-hydrogen) atoms. The van der Waals surface area contributed by atoms with Gasteiger partial charge in [0.05, 0.1) is 13.2 Å². The molecule has 0 N–H and O–H groups in total. The molecule has 0 fully saturated rings. The van der Waals surface area contributed by atoms with Crippen molar-refractivity contribution in [1.82, 2.24) is 0 Å². The molecule has 0 aliphatic rings.